The molecule has 0 spiro atoms. The molecular formula is C42H27BN2S2. The van der Waals surface area contributed by atoms with Gasteiger partial charge in [-0.2, -0.15) is 23.2 Å². The van der Waals surface area contributed by atoms with Gasteiger partial charge in [-0.1, -0.05) is 91.0 Å². The normalized spacial score (nSPS) is 12.9. The molecule has 2 aliphatic rings. The van der Waals surface area contributed by atoms with Crippen molar-refractivity contribution >= 4 is 72.8 Å². The molecule has 220 valence electrons. The molecule has 5 heteroatoms. The van der Waals surface area contributed by atoms with Crippen molar-refractivity contribution in [2.24, 2.45) is 0 Å². The number of fused-ring (bicyclic) bond motifs is 7. The van der Waals surface area contributed by atoms with Crippen molar-refractivity contribution in [3.63, 3.8) is 0 Å². The smallest absolute Gasteiger partial charge is 0.310 e. The molecular weight excluding hydrogens is 607 g/mol. The fraction of sp³-hybridized carbons (Fsp3) is 0. The molecule has 0 saturated carbocycles. The van der Waals surface area contributed by atoms with Crippen molar-refractivity contribution in [1.29, 1.82) is 0 Å². The van der Waals surface area contributed by atoms with Gasteiger partial charge in [0.15, 0.2) is 0 Å². The molecule has 47 heavy (non-hydrogen) atoms. The van der Waals surface area contributed by atoms with Crippen molar-refractivity contribution in [3.05, 3.63) is 164 Å². The molecule has 8 aromatic rings. The van der Waals surface area contributed by atoms with Crippen LogP contribution in [0.25, 0.3) is 49.7 Å². The first-order chi connectivity index (χ1) is 23.3. The van der Waals surface area contributed by atoms with Crippen LogP contribution in [-0.2, 0) is 0 Å². The monoisotopic (exact) mass is 634 g/mol. The highest BCUT2D eigenvalue weighted by Crippen LogP contribution is 2.50. The molecule has 7 aromatic carbocycles. The Morgan fingerprint density at radius 1 is 0.426 bits per heavy atom. The first-order valence-corrected chi connectivity index (χ1v) is 17.7. The molecule has 1 aromatic heterocycles. The summed E-state index contributed by atoms with van der Waals surface area (Å²) in [5.41, 5.74) is 13.8. The van der Waals surface area contributed by atoms with E-state index in [1.807, 2.05) is 23.2 Å². The van der Waals surface area contributed by atoms with Gasteiger partial charge >= 0.3 is 5.27 Å². The number of hydrogen-bond donors (Lipinski definition) is 0. The van der Waals surface area contributed by atoms with Gasteiger partial charge < -0.3 is 9.47 Å². The highest BCUT2D eigenvalue weighted by Gasteiger charge is 2.37. The van der Waals surface area contributed by atoms with E-state index in [2.05, 4.69) is 173 Å². The fourth-order valence-corrected chi connectivity index (χ4v) is 10.3. The van der Waals surface area contributed by atoms with Crippen LogP contribution in [0, 0.1) is 0 Å². The van der Waals surface area contributed by atoms with Crippen molar-refractivity contribution in [2.45, 2.75) is 9.79 Å². The quantitative estimate of drug-likeness (QED) is 0.178. The van der Waals surface area contributed by atoms with Gasteiger partial charge in [0.25, 0.3) is 0 Å². The molecule has 0 amide bonds. The van der Waals surface area contributed by atoms with Gasteiger partial charge in [-0.25, -0.2) is 0 Å². The van der Waals surface area contributed by atoms with E-state index in [1.165, 1.54) is 65.0 Å². The Morgan fingerprint density at radius 3 is 1.60 bits per heavy atom. The van der Waals surface area contributed by atoms with Crippen molar-refractivity contribution < 1.29 is 0 Å². The number of aromatic nitrogens is 1. The third-order valence-electron chi connectivity index (χ3n) is 9.42. The van der Waals surface area contributed by atoms with Crippen LogP contribution >= 0.6 is 23.2 Å². The molecule has 10 rings (SSSR count). The Hall–Kier alpha value is -5.10. The molecule has 3 heterocycles. The maximum absolute atomic E-state index is 2.48. The zero-order valence-corrected chi connectivity index (χ0v) is 27.0. The Morgan fingerprint density at radius 2 is 0.957 bits per heavy atom. The highest BCUT2D eigenvalue weighted by atomic mass is 32.2. The molecule has 0 atom stereocenters. The molecule has 0 bridgehead atoms. The second-order valence-corrected chi connectivity index (χ2v) is 14.7. The number of benzene rings is 7. The summed E-state index contributed by atoms with van der Waals surface area (Å²) in [7, 11) is 0. The van der Waals surface area contributed by atoms with E-state index >= 15 is 0 Å². The zero-order valence-electron chi connectivity index (χ0n) is 25.4. The second kappa shape index (κ2) is 10.7. The molecule has 2 aliphatic heterocycles. The van der Waals surface area contributed by atoms with Crippen LogP contribution < -0.4 is 10.4 Å². The maximum Gasteiger partial charge on any atom is 0.318 e. The molecule has 0 unspecified atom stereocenters. The van der Waals surface area contributed by atoms with Crippen molar-refractivity contribution in [1.82, 2.24) is 4.57 Å². The Bertz CT molecular complexity index is 2380. The zero-order chi connectivity index (χ0) is 30.9. The number of para-hydroxylation sites is 3. The predicted molar refractivity (Wildman–Crippen MR) is 203 cm³/mol. The summed E-state index contributed by atoms with van der Waals surface area (Å²) in [4.78, 5) is 5.06. The first-order valence-electron chi connectivity index (χ1n) is 16.0. The largest absolute Gasteiger partial charge is 0.318 e. The van der Waals surface area contributed by atoms with Crippen molar-refractivity contribution in [2.75, 3.05) is 4.90 Å². The summed E-state index contributed by atoms with van der Waals surface area (Å²) in [6.07, 6.45) is 0. The van der Waals surface area contributed by atoms with Gasteiger partial charge in [0.05, 0.1) is 11.0 Å². The SMILES string of the molecule is c1ccc(N(c2ccccc2)c2ccc3c(c2)c2ccccc2n3-c2cc3c4c(c2)-c2ccccc2SB4Sc2ccccc2-3)cc1. The van der Waals surface area contributed by atoms with E-state index in [-0.39, 0.29) is 0 Å². The summed E-state index contributed by atoms with van der Waals surface area (Å²) in [5.74, 6) is 0. The molecule has 0 fully saturated rings. The van der Waals surface area contributed by atoms with Gasteiger partial charge in [-0.3, -0.25) is 0 Å². The Kier molecular flexibility index (Phi) is 6.18. The molecule has 0 N–H and O–H groups in total. The summed E-state index contributed by atoms with van der Waals surface area (Å²) < 4.78 is 2.48. The predicted octanol–water partition coefficient (Wildman–Crippen LogP) is 11.5. The van der Waals surface area contributed by atoms with Crippen LogP contribution in [0.4, 0.5) is 17.1 Å². The van der Waals surface area contributed by atoms with Gasteiger partial charge in [0.2, 0.25) is 0 Å². The lowest BCUT2D eigenvalue weighted by atomic mass is 9.77. The average Bonchev–Trinajstić information content (AvgIpc) is 3.46. The minimum absolute atomic E-state index is 0.335. The number of hydrogen-bond acceptors (Lipinski definition) is 3. The highest BCUT2D eigenvalue weighted by molar-refractivity contribution is 8.56. The lowest BCUT2D eigenvalue weighted by Gasteiger charge is -2.32. The lowest BCUT2D eigenvalue weighted by Crippen LogP contribution is -2.33. The van der Waals surface area contributed by atoms with Crippen LogP contribution in [0.15, 0.2) is 174 Å². The van der Waals surface area contributed by atoms with Crippen LogP contribution in [0.5, 0.6) is 0 Å². The van der Waals surface area contributed by atoms with Gasteiger partial charge in [-0.15, -0.1) is 0 Å². The van der Waals surface area contributed by atoms with E-state index < -0.39 is 0 Å². The summed E-state index contributed by atoms with van der Waals surface area (Å²) in [5, 5.41) is 2.83. The third-order valence-corrected chi connectivity index (χ3v) is 12.1. The maximum atomic E-state index is 2.48. The minimum atomic E-state index is 0.335. The lowest BCUT2D eigenvalue weighted by molar-refractivity contribution is 1.18. The summed E-state index contributed by atoms with van der Waals surface area (Å²) in [6, 6.07) is 59.8. The molecule has 2 nitrogen and oxygen atoms in total. The van der Waals surface area contributed by atoms with E-state index in [0.717, 1.165) is 17.1 Å². The van der Waals surface area contributed by atoms with E-state index in [1.54, 1.807) is 0 Å². The number of rotatable bonds is 4. The topological polar surface area (TPSA) is 8.17 Å². The third kappa shape index (κ3) is 4.24. The minimum Gasteiger partial charge on any atom is -0.310 e. The molecule has 0 radical (unpaired) electrons. The Balaban J connectivity index is 1.24. The molecule has 0 saturated heterocycles. The average molecular weight is 635 g/mol. The van der Waals surface area contributed by atoms with Gasteiger partial charge in [0.1, 0.15) is 0 Å². The van der Waals surface area contributed by atoms with E-state index in [4.69, 9.17) is 0 Å². The molecule has 0 aliphatic carbocycles. The summed E-state index contributed by atoms with van der Waals surface area (Å²) in [6.45, 7) is 0. The van der Waals surface area contributed by atoms with E-state index in [0.29, 0.717) is 5.27 Å². The van der Waals surface area contributed by atoms with Crippen LogP contribution in [0.3, 0.4) is 0 Å². The van der Waals surface area contributed by atoms with E-state index in [9.17, 15) is 0 Å². The van der Waals surface area contributed by atoms with Gasteiger partial charge in [-0.05, 0) is 101 Å². The van der Waals surface area contributed by atoms with Crippen LogP contribution in [0.2, 0.25) is 0 Å². The van der Waals surface area contributed by atoms with Crippen molar-refractivity contribution in [3.8, 4) is 27.9 Å². The Labute approximate surface area is 282 Å². The standard InChI is InChI=1S/C42H27BN2S2/c1-3-13-28(14-4-1)44(29-15-5-2-6-16-29)30-23-24-39-35(25-30)32-17-7-10-20-38(32)45(39)31-26-36-33-18-8-11-21-40(33)46-43-42(36)37(27-31)34-19-9-12-22-41(34)47-43/h1-27H. The number of anilines is 3. The number of nitrogens with zero attached hydrogens (tertiary/aromatic N) is 2. The summed E-state index contributed by atoms with van der Waals surface area (Å²) >= 11 is 3.98. The first kappa shape index (κ1) is 27.1. The van der Waals surface area contributed by atoms with Crippen LogP contribution in [-0.4, -0.2) is 9.84 Å². The van der Waals surface area contributed by atoms with Crippen LogP contribution in [0.1, 0.15) is 0 Å². The second-order valence-electron chi connectivity index (χ2n) is 12.1. The van der Waals surface area contributed by atoms with Gasteiger partial charge in [0, 0.05) is 43.3 Å². The fourth-order valence-electron chi connectivity index (χ4n) is 7.40.